The normalized spacial score (nSPS) is 15.4. The van der Waals surface area contributed by atoms with Crippen LogP contribution in [0.2, 0.25) is 0 Å². The van der Waals surface area contributed by atoms with Crippen molar-refractivity contribution in [3.63, 3.8) is 0 Å². The maximum atomic E-state index is 15.3. The first-order valence-corrected chi connectivity index (χ1v) is 17.1. The number of hydrogen-bond acceptors (Lipinski definition) is 11. The number of hydrogen-bond donors (Lipinski definition) is 2. The zero-order valence-electron chi connectivity index (χ0n) is 25.4. The monoisotopic (exact) mass is 661 g/mol. The Kier molecular flexibility index (Phi) is 8.68. The van der Waals surface area contributed by atoms with E-state index >= 15 is 4.39 Å². The summed E-state index contributed by atoms with van der Waals surface area (Å²) in [5.74, 6) is -0.801. The highest BCUT2D eigenvalue weighted by molar-refractivity contribution is 7.94. The number of sulfone groups is 1. The van der Waals surface area contributed by atoms with Crippen LogP contribution in [-0.2, 0) is 16.4 Å². The first-order valence-electron chi connectivity index (χ1n) is 14.8. The van der Waals surface area contributed by atoms with Gasteiger partial charge in [0, 0.05) is 60.3 Å². The van der Waals surface area contributed by atoms with Gasteiger partial charge in [-0.3, -0.25) is 14.2 Å². The molecular formula is C32H32FN7O4S2. The average molecular weight is 662 g/mol. The maximum Gasteiger partial charge on any atom is 0.263 e. The summed E-state index contributed by atoms with van der Waals surface area (Å²) in [7, 11) is -3.70. The molecule has 0 saturated carbocycles. The van der Waals surface area contributed by atoms with Crippen LogP contribution < -0.4 is 21.1 Å². The summed E-state index contributed by atoms with van der Waals surface area (Å²) in [5, 5.41) is 6.00. The molecule has 14 heteroatoms. The first-order chi connectivity index (χ1) is 22.0. The molecule has 1 fully saturated rings. The highest BCUT2D eigenvalue weighted by Crippen LogP contribution is 2.28. The van der Waals surface area contributed by atoms with Crippen molar-refractivity contribution < 1.29 is 17.6 Å². The third-order valence-corrected chi connectivity index (χ3v) is 11.5. The average Bonchev–Trinajstić information content (AvgIpc) is 3.52. The minimum Gasteiger partial charge on any atom is -0.364 e. The Morgan fingerprint density at radius 1 is 1.15 bits per heavy atom. The van der Waals surface area contributed by atoms with Crippen LogP contribution in [0.4, 0.5) is 21.7 Å². The molecule has 11 nitrogen and oxygen atoms in total. The van der Waals surface area contributed by atoms with Crippen LogP contribution in [0, 0.1) is 5.82 Å². The van der Waals surface area contributed by atoms with Crippen molar-refractivity contribution >= 4 is 55.5 Å². The van der Waals surface area contributed by atoms with Gasteiger partial charge in [0.2, 0.25) is 5.95 Å². The van der Waals surface area contributed by atoms with Gasteiger partial charge in [-0.15, -0.1) is 0 Å². The highest BCUT2D eigenvalue weighted by atomic mass is 32.2. The fourth-order valence-electron chi connectivity index (χ4n) is 5.39. The van der Waals surface area contributed by atoms with Crippen LogP contribution in [-0.4, -0.2) is 64.0 Å². The largest absolute Gasteiger partial charge is 0.364 e. The topological polar surface area (TPSA) is 139 Å². The van der Waals surface area contributed by atoms with E-state index < -0.39 is 32.2 Å². The molecule has 0 bridgehead atoms. The number of carbonyl (C=O) groups is 1. The second kappa shape index (κ2) is 12.7. The number of carbonyl (C=O) groups excluding carboxylic acids is 1. The Bertz CT molecular complexity index is 2100. The molecule has 238 valence electrons. The van der Waals surface area contributed by atoms with Crippen LogP contribution in [0.5, 0.6) is 0 Å². The summed E-state index contributed by atoms with van der Waals surface area (Å²) < 4.78 is 46.9. The van der Waals surface area contributed by atoms with Crippen LogP contribution in [0.25, 0.3) is 11.0 Å². The van der Waals surface area contributed by atoms with E-state index in [1.807, 2.05) is 11.8 Å². The number of rotatable bonds is 9. The zero-order chi connectivity index (χ0) is 32.6. The predicted molar refractivity (Wildman–Crippen MR) is 177 cm³/mol. The van der Waals surface area contributed by atoms with E-state index in [0.29, 0.717) is 34.4 Å². The SMILES string of the molecule is CC1CNCCN1c1ccc(Nc2ncc3cc(C(=O)c4ccccc4)c(=O)n(Cc4cnsc4S(=O)(=O)C(C)C)c3n2)cc1F. The third-order valence-electron chi connectivity index (χ3n) is 7.94. The lowest BCUT2D eigenvalue weighted by atomic mass is 10.0. The number of nitrogens with one attached hydrogen (secondary N) is 2. The molecule has 0 aliphatic carbocycles. The minimum atomic E-state index is -3.70. The van der Waals surface area contributed by atoms with E-state index in [9.17, 15) is 18.0 Å². The van der Waals surface area contributed by atoms with Gasteiger partial charge in [0.25, 0.3) is 5.56 Å². The van der Waals surface area contributed by atoms with Crippen LogP contribution in [0.1, 0.15) is 42.3 Å². The Morgan fingerprint density at radius 2 is 1.93 bits per heavy atom. The van der Waals surface area contributed by atoms with Crippen LogP contribution >= 0.6 is 11.5 Å². The smallest absolute Gasteiger partial charge is 0.263 e. The van der Waals surface area contributed by atoms with E-state index in [2.05, 4.69) is 25.0 Å². The summed E-state index contributed by atoms with van der Waals surface area (Å²) in [5.41, 5.74) is 0.938. The van der Waals surface area contributed by atoms with E-state index in [1.54, 1.807) is 56.3 Å². The summed E-state index contributed by atoms with van der Waals surface area (Å²) in [6, 6.07) is 14.8. The molecule has 5 aromatic rings. The predicted octanol–water partition coefficient (Wildman–Crippen LogP) is 4.39. The van der Waals surface area contributed by atoms with Crippen molar-refractivity contribution in [2.75, 3.05) is 29.9 Å². The molecule has 2 aromatic carbocycles. The van der Waals surface area contributed by atoms with Gasteiger partial charge in [-0.1, -0.05) is 30.3 Å². The van der Waals surface area contributed by atoms with Crippen molar-refractivity contribution in [2.24, 2.45) is 0 Å². The maximum absolute atomic E-state index is 15.3. The van der Waals surface area contributed by atoms with Gasteiger partial charge < -0.3 is 15.5 Å². The summed E-state index contributed by atoms with van der Waals surface area (Å²) >= 11 is 0.833. The number of halogens is 1. The molecule has 46 heavy (non-hydrogen) atoms. The van der Waals surface area contributed by atoms with Gasteiger partial charge in [0.1, 0.15) is 15.7 Å². The lowest BCUT2D eigenvalue weighted by Gasteiger charge is -2.36. The molecule has 0 spiro atoms. The minimum absolute atomic E-state index is 0.0455. The molecule has 4 heterocycles. The molecule has 0 amide bonds. The van der Waals surface area contributed by atoms with Gasteiger partial charge in [0.05, 0.1) is 23.0 Å². The lowest BCUT2D eigenvalue weighted by Crippen LogP contribution is -2.50. The number of benzene rings is 2. The van der Waals surface area contributed by atoms with Crippen molar-refractivity contribution in [3.8, 4) is 0 Å². The fourth-order valence-corrected chi connectivity index (χ4v) is 7.94. The summed E-state index contributed by atoms with van der Waals surface area (Å²) in [6.45, 7) is 7.19. The van der Waals surface area contributed by atoms with Crippen molar-refractivity contribution in [2.45, 2.75) is 42.8 Å². The molecule has 0 radical (unpaired) electrons. The van der Waals surface area contributed by atoms with Gasteiger partial charge in [-0.2, -0.15) is 9.36 Å². The number of fused-ring (bicyclic) bond motifs is 1. The zero-order valence-corrected chi connectivity index (χ0v) is 27.0. The Morgan fingerprint density at radius 3 is 2.65 bits per heavy atom. The molecule has 6 rings (SSSR count). The molecule has 2 N–H and O–H groups in total. The van der Waals surface area contributed by atoms with Crippen molar-refractivity contribution in [3.05, 3.63) is 99.9 Å². The first kappa shape index (κ1) is 31.5. The van der Waals surface area contributed by atoms with Crippen LogP contribution in [0.15, 0.2) is 76.0 Å². The van der Waals surface area contributed by atoms with Gasteiger partial charge in [-0.25, -0.2) is 17.8 Å². The molecule has 3 aromatic heterocycles. The highest BCUT2D eigenvalue weighted by Gasteiger charge is 2.27. The lowest BCUT2D eigenvalue weighted by molar-refractivity contribution is 0.103. The molecule has 1 unspecified atom stereocenters. The standard InChI is InChI=1S/C32H32FN7O4S2/c1-19(2)46(43,44)31-23(17-36-45-31)18-40-29-22(13-25(30(40)42)28(41)21-7-5-4-6-8-21)16-35-32(38-29)37-24-9-10-27(26(33)14-24)39-12-11-34-15-20(39)3/h4-10,13-14,16-17,19-20,34H,11-12,15,18H2,1-3H3,(H,35,37,38). The van der Waals surface area contributed by atoms with E-state index in [-0.39, 0.29) is 34.0 Å². The molecular weight excluding hydrogens is 630 g/mol. The fraction of sp³-hybridized carbons (Fsp3) is 0.281. The van der Waals surface area contributed by atoms with Gasteiger partial charge in [0.15, 0.2) is 15.6 Å². The van der Waals surface area contributed by atoms with E-state index in [0.717, 1.165) is 24.6 Å². The molecule has 1 aliphatic heterocycles. The summed E-state index contributed by atoms with van der Waals surface area (Å²) in [4.78, 5) is 38.4. The second-order valence-electron chi connectivity index (χ2n) is 11.4. The van der Waals surface area contributed by atoms with Crippen LogP contribution in [0.3, 0.4) is 0 Å². The Labute approximate surface area is 269 Å². The van der Waals surface area contributed by atoms with Crippen molar-refractivity contribution in [1.29, 1.82) is 0 Å². The Hall–Kier alpha value is -4.53. The number of nitrogens with zero attached hydrogens (tertiary/aromatic N) is 5. The molecule has 1 aliphatic rings. The number of anilines is 3. The number of piperazine rings is 1. The van der Waals surface area contributed by atoms with E-state index in [4.69, 9.17) is 0 Å². The third kappa shape index (κ3) is 6.02. The van der Waals surface area contributed by atoms with Crippen molar-refractivity contribution in [1.82, 2.24) is 24.2 Å². The van der Waals surface area contributed by atoms with Gasteiger partial charge in [-0.05, 0) is 56.6 Å². The number of aromatic nitrogens is 4. The number of ketones is 1. The Balaban J connectivity index is 1.42. The quantitative estimate of drug-likeness (QED) is 0.219. The number of pyridine rings is 1. The second-order valence-corrected chi connectivity index (χ2v) is 14.9. The molecule has 1 saturated heterocycles. The molecule has 1 atom stereocenters. The summed E-state index contributed by atoms with van der Waals surface area (Å²) in [6.07, 6.45) is 2.88. The van der Waals surface area contributed by atoms with Gasteiger partial charge >= 0.3 is 0 Å². The van der Waals surface area contributed by atoms with E-state index in [1.165, 1.54) is 29.1 Å².